The third-order valence-corrected chi connectivity index (χ3v) is 2.19. The van der Waals surface area contributed by atoms with Crippen LogP contribution in [0.1, 0.15) is 20.3 Å². The van der Waals surface area contributed by atoms with Crippen LogP contribution in [0.4, 0.5) is 5.82 Å². The second-order valence-corrected chi connectivity index (χ2v) is 4.29. The number of aliphatic hydroxyl groups excluding tert-OH is 1. The van der Waals surface area contributed by atoms with Gasteiger partial charge in [-0.25, -0.2) is 9.97 Å². The molecule has 0 radical (unpaired) electrons. The first-order valence-corrected chi connectivity index (χ1v) is 5.35. The molecule has 0 aliphatic heterocycles. The fraction of sp³-hybridized carbons (Fsp3) is 0.600. The molecule has 0 aromatic carbocycles. The van der Waals surface area contributed by atoms with Crippen LogP contribution in [0.2, 0.25) is 5.02 Å². The van der Waals surface area contributed by atoms with Gasteiger partial charge < -0.3 is 10.4 Å². The molecule has 15 heavy (non-hydrogen) atoms. The minimum absolute atomic E-state index is 0.379. The van der Waals surface area contributed by atoms with Gasteiger partial charge in [0.25, 0.3) is 0 Å². The van der Waals surface area contributed by atoms with Crippen LogP contribution in [0.3, 0.4) is 0 Å². The predicted octanol–water partition coefficient (Wildman–Crippen LogP) is 1.95. The predicted molar refractivity (Wildman–Crippen MR) is 61.0 cm³/mol. The highest BCUT2D eigenvalue weighted by Gasteiger charge is 2.08. The molecule has 2 N–H and O–H groups in total. The second-order valence-electron chi connectivity index (χ2n) is 3.88. The Kier molecular flexibility index (Phi) is 4.78. The molecule has 84 valence electrons. The Labute approximate surface area is 94.7 Å². The van der Waals surface area contributed by atoms with Gasteiger partial charge in [-0.15, -0.1) is 0 Å². The molecule has 1 rings (SSSR count). The number of nitrogens with one attached hydrogen (secondary N) is 1. The van der Waals surface area contributed by atoms with E-state index >= 15 is 0 Å². The van der Waals surface area contributed by atoms with Crippen LogP contribution in [0.5, 0.6) is 0 Å². The summed E-state index contributed by atoms with van der Waals surface area (Å²) in [4.78, 5) is 7.74. The van der Waals surface area contributed by atoms with Crippen molar-refractivity contribution < 1.29 is 5.11 Å². The molecule has 1 aromatic heterocycles. The Bertz CT molecular complexity index is 306. The van der Waals surface area contributed by atoms with Crippen molar-refractivity contribution in [1.29, 1.82) is 0 Å². The lowest BCUT2D eigenvalue weighted by atomic mass is 10.1. The summed E-state index contributed by atoms with van der Waals surface area (Å²) in [5, 5.41) is 13.1. The number of halogens is 1. The highest BCUT2D eigenvalue weighted by atomic mass is 35.5. The lowest BCUT2D eigenvalue weighted by Crippen LogP contribution is -2.21. The minimum atomic E-state index is -0.379. The van der Waals surface area contributed by atoms with Gasteiger partial charge in [0.2, 0.25) is 0 Å². The van der Waals surface area contributed by atoms with Gasteiger partial charge in [0.15, 0.2) is 0 Å². The van der Waals surface area contributed by atoms with E-state index in [1.807, 2.05) is 0 Å². The Morgan fingerprint density at radius 1 is 1.53 bits per heavy atom. The lowest BCUT2D eigenvalue weighted by molar-refractivity contribution is 0.161. The highest BCUT2D eigenvalue weighted by molar-refractivity contribution is 6.32. The van der Waals surface area contributed by atoms with E-state index in [1.54, 1.807) is 0 Å². The van der Waals surface area contributed by atoms with Crippen LogP contribution < -0.4 is 5.32 Å². The minimum Gasteiger partial charge on any atom is -0.391 e. The maximum absolute atomic E-state index is 9.62. The summed E-state index contributed by atoms with van der Waals surface area (Å²) in [6.07, 6.45) is 3.32. The molecule has 1 unspecified atom stereocenters. The van der Waals surface area contributed by atoms with Gasteiger partial charge >= 0.3 is 0 Å². The van der Waals surface area contributed by atoms with Crippen LogP contribution in [-0.2, 0) is 0 Å². The molecule has 0 fully saturated rings. The normalized spacial score (nSPS) is 12.9. The maximum Gasteiger partial charge on any atom is 0.148 e. The number of anilines is 1. The molecule has 0 spiro atoms. The molecule has 0 aliphatic carbocycles. The van der Waals surface area contributed by atoms with Crippen molar-refractivity contribution >= 4 is 17.4 Å². The molecular weight excluding hydrogens is 214 g/mol. The van der Waals surface area contributed by atoms with E-state index in [0.717, 1.165) is 6.42 Å². The molecule has 5 heteroatoms. The number of rotatable bonds is 5. The number of hydrogen-bond acceptors (Lipinski definition) is 4. The van der Waals surface area contributed by atoms with E-state index in [2.05, 4.69) is 29.1 Å². The Balaban J connectivity index is 2.40. The van der Waals surface area contributed by atoms with E-state index in [9.17, 15) is 5.11 Å². The zero-order valence-electron chi connectivity index (χ0n) is 8.94. The SMILES string of the molecule is CC(C)CC(O)CNc1ncncc1Cl. The van der Waals surface area contributed by atoms with Crippen molar-refractivity contribution in [2.75, 3.05) is 11.9 Å². The quantitative estimate of drug-likeness (QED) is 0.810. The fourth-order valence-corrected chi connectivity index (χ4v) is 1.46. The van der Waals surface area contributed by atoms with Crippen molar-refractivity contribution in [3.05, 3.63) is 17.5 Å². The van der Waals surface area contributed by atoms with Crippen molar-refractivity contribution in [2.45, 2.75) is 26.4 Å². The van der Waals surface area contributed by atoms with Crippen LogP contribution in [0, 0.1) is 5.92 Å². The monoisotopic (exact) mass is 229 g/mol. The molecule has 0 saturated carbocycles. The van der Waals surface area contributed by atoms with Crippen LogP contribution in [0.15, 0.2) is 12.5 Å². The molecular formula is C10H16ClN3O. The summed E-state index contributed by atoms with van der Waals surface area (Å²) in [5.74, 6) is 1.04. The van der Waals surface area contributed by atoms with Crippen molar-refractivity contribution in [1.82, 2.24) is 9.97 Å². The average molecular weight is 230 g/mol. The lowest BCUT2D eigenvalue weighted by Gasteiger charge is -2.14. The van der Waals surface area contributed by atoms with E-state index in [0.29, 0.717) is 23.3 Å². The summed E-state index contributed by atoms with van der Waals surface area (Å²) < 4.78 is 0. The average Bonchev–Trinajstić information content (AvgIpc) is 2.15. The van der Waals surface area contributed by atoms with Crippen molar-refractivity contribution in [3.8, 4) is 0 Å². The van der Waals surface area contributed by atoms with Crippen molar-refractivity contribution in [2.24, 2.45) is 5.92 Å². The summed E-state index contributed by atoms with van der Waals surface area (Å²) in [6, 6.07) is 0. The Morgan fingerprint density at radius 2 is 2.27 bits per heavy atom. The molecule has 1 heterocycles. The van der Waals surface area contributed by atoms with Crippen molar-refractivity contribution in [3.63, 3.8) is 0 Å². The third kappa shape index (κ3) is 4.44. The zero-order valence-corrected chi connectivity index (χ0v) is 9.70. The first kappa shape index (κ1) is 12.2. The van der Waals surface area contributed by atoms with Crippen LogP contribution in [0.25, 0.3) is 0 Å². The summed E-state index contributed by atoms with van der Waals surface area (Å²) in [6.45, 7) is 4.59. The fourth-order valence-electron chi connectivity index (χ4n) is 1.28. The van der Waals surface area contributed by atoms with Gasteiger partial charge in [-0.05, 0) is 12.3 Å². The number of nitrogens with zero attached hydrogens (tertiary/aromatic N) is 2. The van der Waals surface area contributed by atoms with E-state index < -0.39 is 0 Å². The van der Waals surface area contributed by atoms with Gasteiger partial charge in [-0.1, -0.05) is 25.4 Å². The largest absolute Gasteiger partial charge is 0.391 e. The molecule has 0 bridgehead atoms. The first-order chi connectivity index (χ1) is 7.09. The molecule has 0 saturated heterocycles. The second kappa shape index (κ2) is 5.88. The molecule has 1 atom stereocenters. The molecule has 0 amide bonds. The topological polar surface area (TPSA) is 58.0 Å². The maximum atomic E-state index is 9.62. The van der Waals surface area contributed by atoms with E-state index in [1.165, 1.54) is 12.5 Å². The van der Waals surface area contributed by atoms with Gasteiger partial charge in [0.05, 0.1) is 12.3 Å². The standard InChI is InChI=1S/C10H16ClN3O/c1-7(2)3-8(15)4-13-10-9(11)5-12-6-14-10/h5-8,15H,3-4H2,1-2H3,(H,12,13,14). The van der Waals surface area contributed by atoms with Gasteiger partial charge in [0.1, 0.15) is 17.2 Å². The summed E-state index contributed by atoms with van der Waals surface area (Å²) in [7, 11) is 0. The number of hydrogen-bond donors (Lipinski definition) is 2. The molecule has 0 aliphatic rings. The van der Waals surface area contributed by atoms with Gasteiger partial charge in [-0.2, -0.15) is 0 Å². The molecule has 1 aromatic rings. The highest BCUT2D eigenvalue weighted by Crippen LogP contribution is 2.16. The first-order valence-electron chi connectivity index (χ1n) is 4.97. The Morgan fingerprint density at radius 3 is 2.87 bits per heavy atom. The zero-order chi connectivity index (χ0) is 11.3. The third-order valence-electron chi connectivity index (χ3n) is 1.92. The van der Waals surface area contributed by atoms with Gasteiger partial charge in [0, 0.05) is 6.54 Å². The van der Waals surface area contributed by atoms with E-state index in [4.69, 9.17) is 11.6 Å². The van der Waals surface area contributed by atoms with E-state index in [-0.39, 0.29) is 6.10 Å². The Hall–Kier alpha value is -0.870. The molecule has 4 nitrogen and oxygen atoms in total. The van der Waals surface area contributed by atoms with Crippen LogP contribution in [-0.4, -0.2) is 27.7 Å². The summed E-state index contributed by atoms with van der Waals surface area (Å²) in [5.41, 5.74) is 0. The number of aliphatic hydroxyl groups is 1. The van der Waals surface area contributed by atoms with Crippen LogP contribution >= 0.6 is 11.6 Å². The van der Waals surface area contributed by atoms with Gasteiger partial charge in [-0.3, -0.25) is 0 Å². The summed E-state index contributed by atoms with van der Waals surface area (Å²) >= 11 is 5.84. The smallest absolute Gasteiger partial charge is 0.148 e. The number of aromatic nitrogens is 2.